The van der Waals surface area contributed by atoms with Gasteiger partial charge in [0.25, 0.3) is 0 Å². The topological polar surface area (TPSA) is 50.2 Å². The molecular weight excluding hydrogens is 228 g/mol. The van der Waals surface area contributed by atoms with Crippen LogP contribution in [-0.2, 0) is 0 Å². The monoisotopic (exact) mass is 235 g/mol. The Hall–Kier alpha value is -2.30. The maximum atomic E-state index is 13.5. The van der Waals surface area contributed by atoms with Crippen LogP contribution in [0.3, 0.4) is 0 Å². The van der Waals surface area contributed by atoms with E-state index < -0.39 is 17.6 Å². The third-order valence-corrected chi connectivity index (χ3v) is 2.25. The van der Waals surface area contributed by atoms with Crippen LogP contribution in [0.5, 0.6) is 0 Å². The molecule has 0 bridgehead atoms. The second-order valence-electron chi connectivity index (χ2n) is 3.37. The quantitative estimate of drug-likeness (QED) is 0.870. The zero-order valence-corrected chi connectivity index (χ0v) is 8.52. The predicted molar refractivity (Wildman–Crippen MR) is 56.5 cm³/mol. The lowest BCUT2D eigenvalue weighted by Crippen LogP contribution is -1.98. The van der Waals surface area contributed by atoms with Gasteiger partial charge in [-0.15, -0.1) is 0 Å². The largest absolute Gasteiger partial charge is 0.478 e. The number of hydrogen-bond acceptors (Lipinski definition) is 2. The Balaban J connectivity index is 2.57. The molecule has 0 radical (unpaired) electrons. The molecular formula is C12H7F2NO2. The molecule has 2 aromatic rings. The fraction of sp³-hybridized carbons (Fsp3) is 0. The number of aromatic carboxylic acids is 1. The molecule has 1 heterocycles. The van der Waals surface area contributed by atoms with Crippen molar-refractivity contribution >= 4 is 5.97 Å². The highest BCUT2D eigenvalue weighted by Crippen LogP contribution is 2.24. The molecule has 86 valence electrons. The van der Waals surface area contributed by atoms with Crippen molar-refractivity contribution < 1.29 is 18.7 Å². The van der Waals surface area contributed by atoms with Gasteiger partial charge in [-0.2, -0.15) is 0 Å². The number of nitrogens with zero attached hydrogens (tertiary/aromatic N) is 1. The van der Waals surface area contributed by atoms with Crippen LogP contribution in [-0.4, -0.2) is 16.1 Å². The van der Waals surface area contributed by atoms with Crippen LogP contribution in [0, 0.1) is 11.6 Å². The van der Waals surface area contributed by atoms with Crippen LogP contribution in [0.1, 0.15) is 10.4 Å². The van der Waals surface area contributed by atoms with Gasteiger partial charge < -0.3 is 5.11 Å². The van der Waals surface area contributed by atoms with Crippen molar-refractivity contribution in [1.29, 1.82) is 0 Å². The van der Waals surface area contributed by atoms with Crippen molar-refractivity contribution in [3.05, 3.63) is 53.9 Å². The SMILES string of the molecule is O=C(O)c1cncc(-c2cccc(F)c2F)c1. The average Bonchev–Trinajstić information content (AvgIpc) is 2.33. The molecule has 0 fully saturated rings. The highest BCUT2D eigenvalue weighted by molar-refractivity contribution is 5.88. The zero-order chi connectivity index (χ0) is 12.4. The molecule has 0 unspecified atom stereocenters. The molecule has 1 N–H and O–H groups in total. The first kappa shape index (κ1) is 11.2. The number of carbonyl (C=O) groups is 1. The van der Waals surface area contributed by atoms with Crippen LogP contribution in [0.4, 0.5) is 8.78 Å². The van der Waals surface area contributed by atoms with Gasteiger partial charge in [0.2, 0.25) is 0 Å². The molecule has 1 aromatic heterocycles. The maximum absolute atomic E-state index is 13.5. The van der Waals surface area contributed by atoms with E-state index in [-0.39, 0.29) is 16.7 Å². The summed E-state index contributed by atoms with van der Waals surface area (Å²) in [4.78, 5) is 14.4. The number of hydrogen-bond donors (Lipinski definition) is 1. The van der Waals surface area contributed by atoms with E-state index >= 15 is 0 Å². The van der Waals surface area contributed by atoms with E-state index in [9.17, 15) is 13.6 Å². The van der Waals surface area contributed by atoms with Gasteiger partial charge in [0.05, 0.1) is 5.56 Å². The lowest BCUT2D eigenvalue weighted by atomic mass is 10.1. The fourth-order valence-electron chi connectivity index (χ4n) is 1.43. The number of rotatable bonds is 2. The first-order valence-electron chi connectivity index (χ1n) is 4.72. The van der Waals surface area contributed by atoms with Crippen LogP contribution < -0.4 is 0 Å². The Labute approximate surface area is 95.4 Å². The van der Waals surface area contributed by atoms with Gasteiger partial charge >= 0.3 is 5.97 Å². The summed E-state index contributed by atoms with van der Waals surface area (Å²) in [5.74, 6) is -3.17. The van der Waals surface area contributed by atoms with E-state index in [0.29, 0.717) is 0 Å². The number of carboxylic acid groups (broad SMARTS) is 1. The third kappa shape index (κ3) is 2.13. The summed E-state index contributed by atoms with van der Waals surface area (Å²) in [5, 5.41) is 8.77. The summed E-state index contributed by atoms with van der Waals surface area (Å²) in [6.45, 7) is 0. The molecule has 0 amide bonds. The first-order valence-corrected chi connectivity index (χ1v) is 4.72. The van der Waals surface area contributed by atoms with Crippen LogP contribution in [0.2, 0.25) is 0 Å². The smallest absolute Gasteiger partial charge is 0.337 e. The second-order valence-corrected chi connectivity index (χ2v) is 3.37. The van der Waals surface area contributed by atoms with Gasteiger partial charge in [0.1, 0.15) is 0 Å². The van der Waals surface area contributed by atoms with Crippen molar-refractivity contribution in [3.63, 3.8) is 0 Å². The summed E-state index contributed by atoms with van der Waals surface area (Å²) in [6.07, 6.45) is 2.42. The number of halogens is 2. The minimum atomic E-state index is -1.17. The highest BCUT2D eigenvalue weighted by atomic mass is 19.2. The Morgan fingerprint density at radius 3 is 2.71 bits per heavy atom. The van der Waals surface area contributed by atoms with Gasteiger partial charge in [0, 0.05) is 23.5 Å². The van der Waals surface area contributed by atoms with Gasteiger partial charge in [-0.3, -0.25) is 4.98 Å². The highest BCUT2D eigenvalue weighted by Gasteiger charge is 2.11. The lowest BCUT2D eigenvalue weighted by molar-refractivity contribution is 0.0696. The molecule has 3 nitrogen and oxygen atoms in total. The standard InChI is InChI=1S/C12H7F2NO2/c13-10-3-1-2-9(11(10)14)7-4-8(12(16)17)6-15-5-7/h1-6H,(H,16,17). The van der Waals surface area contributed by atoms with Crippen molar-refractivity contribution in [2.45, 2.75) is 0 Å². The van der Waals surface area contributed by atoms with Crippen LogP contribution in [0.15, 0.2) is 36.7 Å². The molecule has 0 aliphatic rings. The molecule has 17 heavy (non-hydrogen) atoms. The van der Waals surface area contributed by atoms with E-state index in [0.717, 1.165) is 12.3 Å². The number of benzene rings is 1. The molecule has 0 atom stereocenters. The normalized spacial score (nSPS) is 10.2. The Morgan fingerprint density at radius 2 is 2.00 bits per heavy atom. The average molecular weight is 235 g/mol. The molecule has 0 saturated carbocycles. The number of pyridine rings is 1. The summed E-state index contributed by atoms with van der Waals surface area (Å²) in [7, 11) is 0. The summed E-state index contributed by atoms with van der Waals surface area (Å²) in [5.41, 5.74) is 0.133. The molecule has 0 aliphatic heterocycles. The summed E-state index contributed by atoms with van der Waals surface area (Å²) in [6, 6.07) is 4.95. The van der Waals surface area contributed by atoms with Crippen molar-refractivity contribution in [3.8, 4) is 11.1 Å². The van der Waals surface area contributed by atoms with E-state index in [1.807, 2.05) is 0 Å². The second kappa shape index (κ2) is 4.29. The molecule has 0 aliphatic carbocycles. The molecule has 0 saturated heterocycles. The van der Waals surface area contributed by atoms with Gasteiger partial charge in [-0.25, -0.2) is 13.6 Å². The lowest BCUT2D eigenvalue weighted by Gasteiger charge is -2.04. The molecule has 0 spiro atoms. The minimum Gasteiger partial charge on any atom is -0.478 e. The summed E-state index contributed by atoms with van der Waals surface area (Å²) >= 11 is 0. The van der Waals surface area contributed by atoms with Crippen molar-refractivity contribution in [2.24, 2.45) is 0 Å². The van der Waals surface area contributed by atoms with Crippen molar-refractivity contribution in [1.82, 2.24) is 4.98 Å². The van der Waals surface area contributed by atoms with Gasteiger partial charge in [-0.05, 0) is 12.1 Å². The van der Waals surface area contributed by atoms with Crippen molar-refractivity contribution in [2.75, 3.05) is 0 Å². The van der Waals surface area contributed by atoms with Crippen LogP contribution in [0.25, 0.3) is 11.1 Å². The molecule has 5 heteroatoms. The van der Waals surface area contributed by atoms with Crippen LogP contribution >= 0.6 is 0 Å². The molecule has 2 rings (SSSR count). The maximum Gasteiger partial charge on any atom is 0.337 e. The fourth-order valence-corrected chi connectivity index (χ4v) is 1.43. The Kier molecular flexibility index (Phi) is 2.82. The van der Waals surface area contributed by atoms with Gasteiger partial charge in [0.15, 0.2) is 11.6 Å². The zero-order valence-electron chi connectivity index (χ0n) is 8.52. The minimum absolute atomic E-state index is 0.0133. The third-order valence-electron chi connectivity index (χ3n) is 2.25. The van der Waals surface area contributed by atoms with E-state index in [4.69, 9.17) is 5.11 Å². The number of aromatic nitrogens is 1. The Morgan fingerprint density at radius 1 is 1.24 bits per heavy atom. The van der Waals surface area contributed by atoms with E-state index in [2.05, 4.69) is 4.98 Å². The van der Waals surface area contributed by atoms with E-state index in [1.54, 1.807) is 0 Å². The Bertz CT molecular complexity index is 584. The summed E-state index contributed by atoms with van der Waals surface area (Å²) < 4.78 is 26.5. The van der Waals surface area contributed by atoms with E-state index in [1.165, 1.54) is 24.4 Å². The number of carboxylic acids is 1. The predicted octanol–water partition coefficient (Wildman–Crippen LogP) is 2.73. The van der Waals surface area contributed by atoms with Gasteiger partial charge in [-0.1, -0.05) is 12.1 Å². The molecule has 1 aromatic carbocycles. The first-order chi connectivity index (χ1) is 8.09.